The number of nitrogens with one attached hydrogen (secondary N) is 1. The quantitative estimate of drug-likeness (QED) is 0.457. The van der Waals surface area contributed by atoms with Crippen molar-refractivity contribution in [2.24, 2.45) is 13.0 Å². The zero-order chi connectivity index (χ0) is 22.2. The van der Waals surface area contributed by atoms with E-state index in [0.717, 1.165) is 35.3 Å². The fraction of sp³-hybridized carbons (Fsp3) is 0.348. The topological polar surface area (TPSA) is 99.8 Å². The third kappa shape index (κ3) is 3.70. The number of carbonyl (C=O) groups is 1. The molecule has 0 aromatic carbocycles. The van der Waals surface area contributed by atoms with Gasteiger partial charge in [0.05, 0.1) is 24.1 Å². The lowest BCUT2D eigenvalue weighted by Crippen LogP contribution is -2.18. The van der Waals surface area contributed by atoms with Gasteiger partial charge in [-0.05, 0) is 49.9 Å². The van der Waals surface area contributed by atoms with Crippen LogP contribution in [0.4, 0.5) is 5.95 Å². The van der Waals surface area contributed by atoms with Gasteiger partial charge in [-0.3, -0.25) is 19.7 Å². The number of fused-ring (bicyclic) bond motifs is 7. The Morgan fingerprint density at radius 3 is 3.00 bits per heavy atom. The number of pyridine rings is 2. The number of hydrogen-bond donors (Lipinski definition) is 1. The molecular weight excluding hydrogens is 406 g/mol. The summed E-state index contributed by atoms with van der Waals surface area (Å²) in [6.45, 7) is 5.32. The average molecular weight is 432 g/mol. The number of hydrogen-bond acceptors (Lipinski definition) is 6. The number of carbonyl (C=O) groups excluding carboxylic acids is 1. The monoisotopic (exact) mass is 431 g/mol. The average Bonchev–Trinajstić information content (AvgIpc) is 3.30. The Morgan fingerprint density at radius 1 is 1.25 bits per heavy atom. The van der Waals surface area contributed by atoms with E-state index in [1.807, 2.05) is 30.7 Å². The second kappa shape index (κ2) is 8.07. The molecule has 9 heteroatoms. The maximum absolute atomic E-state index is 13.2. The molecule has 0 fully saturated rings. The Bertz CT molecular complexity index is 1310. The van der Waals surface area contributed by atoms with Crippen molar-refractivity contribution in [1.82, 2.24) is 29.3 Å². The summed E-state index contributed by atoms with van der Waals surface area (Å²) < 4.78 is 9.79. The van der Waals surface area contributed by atoms with Gasteiger partial charge in [-0.1, -0.05) is 6.92 Å². The molecule has 32 heavy (non-hydrogen) atoms. The molecule has 0 radical (unpaired) electrons. The summed E-state index contributed by atoms with van der Waals surface area (Å²) in [7, 11) is 1.84. The number of rotatable bonds is 0. The van der Waals surface area contributed by atoms with E-state index in [9.17, 15) is 4.79 Å². The lowest BCUT2D eigenvalue weighted by Gasteiger charge is -2.15. The first-order valence-electron chi connectivity index (χ1n) is 10.8. The number of aryl methyl sites for hydroxylation is 2. The lowest BCUT2D eigenvalue weighted by atomic mass is 10.1. The summed E-state index contributed by atoms with van der Waals surface area (Å²) in [5.74, 6) is 1.25. The zero-order valence-electron chi connectivity index (χ0n) is 18.4. The predicted molar refractivity (Wildman–Crippen MR) is 121 cm³/mol. The van der Waals surface area contributed by atoms with Crippen LogP contribution in [0.1, 0.15) is 35.8 Å². The van der Waals surface area contributed by atoms with E-state index in [4.69, 9.17) is 4.74 Å². The minimum absolute atomic E-state index is 0.248. The maximum Gasteiger partial charge on any atom is 0.258 e. The molecule has 9 nitrogen and oxygen atoms in total. The van der Waals surface area contributed by atoms with E-state index in [-0.39, 0.29) is 5.91 Å². The first-order valence-corrected chi connectivity index (χ1v) is 10.8. The SMILES string of the molecule is Cc1cc2cc(n1)-c1cnn(C)c1OCCC[C@@H](C)Cn1c(nc3cccnc31)NC2=O. The van der Waals surface area contributed by atoms with Crippen LogP contribution in [0, 0.1) is 12.8 Å². The van der Waals surface area contributed by atoms with Crippen LogP contribution >= 0.6 is 0 Å². The summed E-state index contributed by atoms with van der Waals surface area (Å²) in [5, 5.41) is 7.34. The number of imidazole rings is 1. The molecule has 0 spiro atoms. The molecule has 1 N–H and O–H groups in total. The molecule has 1 atom stereocenters. The van der Waals surface area contributed by atoms with Crippen LogP contribution in [-0.4, -0.2) is 41.8 Å². The second-order valence-corrected chi connectivity index (χ2v) is 8.31. The van der Waals surface area contributed by atoms with Crippen molar-refractivity contribution < 1.29 is 9.53 Å². The van der Waals surface area contributed by atoms with E-state index in [1.165, 1.54) is 0 Å². The van der Waals surface area contributed by atoms with Crippen LogP contribution in [0.3, 0.4) is 0 Å². The minimum atomic E-state index is -0.248. The van der Waals surface area contributed by atoms with Gasteiger partial charge in [-0.2, -0.15) is 5.10 Å². The van der Waals surface area contributed by atoms with Gasteiger partial charge in [-0.15, -0.1) is 0 Å². The Balaban J connectivity index is 1.62. The van der Waals surface area contributed by atoms with Crippen molar-refractivity contribution >= 4 is 23.0 Å². The predicted octanol–water partition coefficient (Wildman–Crippen LogP) is 3.60. The highest BCUT2D eigenvalue weighted by atomic mass is 16.5. The summed E-state index contributed by atoms with van der Waals surface area (Å²) in [6, 6.07) is 7.29. The molecule has 2 bridgehead atoms. The second-order valence-electron chi connectivity index (χ2n) is 8.31. The highest BCUT2D eigenvalue weighted by Crippen LogP contribution is 2.30. The fourth-order valence-electron chi connectivity index (χ4n) is 4.11. The van der Waals surface area contributed by atoms with Gasteiger partial charge in [0.15, 0.2) is 5.65 Å². The van der Waals surface area contributed by atoms with Crippen molar-refractivity contribution in [3.8, 4) is 17.1 Å². The molecule has 0 saturated carbocycles. The number of anilines is 1. The van der Waals surface area contributed by atoms with Crippen molar-refractivity contribution in [2.45, 2.75) is 33.2 Å². The van der Waals surface area contributed by atoms with Gasteiger partial charge < -0.3 is 4.74 Å². The fourth-order valence-corrected chi connectivity index (χ4v) is 4.11. The number of nitrogens with zero attached hydrogens (tertiary/aromatic N) is 6. The van der Waals surface area contributed by atoms with Crippen LogP contribution in [-0.2, 0) is 13.6 Å². The molecular formula is C23H25N7O2. The zero-order valence-corrected chi connectivity index (χ0v) is 18.4. The van der Waals surface area contributed by atoms with Gasteiger partial charge in [0.1, 0.15) is 5.52 Å². The van der Waals surface area contributed by atoms with Crippen molar-refractivity contribution in [2.75, 3.05) is 11.9 Å². The molecule has 0 saturated heterocycles. The van der Waals surface area contributed by atoms with Crippen LogP contribution in [0.15, 0.2) is 36.7 Å². The Kier molecular flexibility index (Phi) is 5.08. The molecule has 1 aliphatic heterocycles. The third-order valence-corrected chi connectivity index (χ3v) is 5.68. The lowest BCUT2D eigenvalue weighted by molar-refractivity contribution is 0.102. The summed E-state index contributed by atoms with van der Waals surface area (Å²) >= 11 is 0. The van der Waals surface area contributed by atoms with Crippen LogP contribution < -0.4 is 10.1 Å². The molecule has 4 aromatic heterocycles. The summed E-state index contributed by atoms with van der Waals surface area (Å²) in [6.07, 6.45) is 5.32. The van der Waals surface area contributed by atoms with E-state index >= 15 is 0 Å². The Hall–Kier alpha value is -3.75. The number of amides is 1. The van der Waals surface area contributed by atoms with Gasteiger partial charge >= 0.3 is 0 Å². The highest BCUT2D eigenvalue weighted by molar-refractivity contribution is 6.04. The molecule has 5 rings (SSSR count). The van der Waals surface area contributed by atoms with Gasteiger partial charge in [0.2, 0.25) is 11.8 Å². The van der Waals surface area contributed by atoms with E-state index < -0.39 is 0 Å². The first kappa shape index (κ1) is 20.2. The standard InChI is InChI=1S/C23H25N7O2/c1-14-6-5-9-32-22-17(12-25-29(22)3)19-11-16(10-15(2)26-19)21(31)28-23-27-18-7-4-8-24-20(18)30(23)13-14/h4,7-8,10-12,14H,5-6,9,13H2,1-3H3,(H,27,28,31)/t14-/m1/s1. The maximum atomic E-state index is 13.2. The number of aromatic nitrogens is 6. The molecule has 5 heterocycles. The Labute approximate surface area is 185 Å². The van der Waals surface area contributed by atoms with E-state index in [2.05, 4.69) is 32.3 Å². The molecule has 1 aliphatic rings. The molecule has 1 amide bonds. The highest BCUT2D eigenvalue weighted by Gasteiger charge is 2.20. The van der Waals surface area contributed by atoms with Crippen LogP contribution in [0.2, 0.25) is 0 Å². The van der Waals surface area contributed by atoms with Crippen molar-refractivity contribution in [3.63, 3.8) is 0 Å². The van der Waals surface area contributed by atoms with Crippen molar-refractivity contribution in [3.05, 3.63) is 47.9 Å². The van der Waals surface area contributed by atoms with Gasteiger partial charge in [0, 0.05) is 31.0 Å². The van der Waals surface area contributed by atoms with Crippen LogP contribution in [0.25, 0.3) is 22.4 Å². The molecule has 4 aromatic rings. The molecule has 0 unspecified atom stereocenters. The third-order valence-electron chi connectivity index (χ3n) is 5.68. The number of ether oxygens (including phenoxy) is 1. The summed E-state index contributed by atoms with van der Waals surface area (Å²) in [4.78, 5) is 27.0. The Morgan fingerprint density at radius 2 is 2.12 bits per heavy atom. The van der Waals surface area contributed by atoms with Gasteiger partial charge in [0.25, 0.3) is 5.91 Å². The van der Waals surface area contributed by atoms with E-state index in [0.29, 0.717) is 42.2 Å². The normalized spacial score (nSPS) is 17.0. The largest absolute Gasteiger partial charge is 0.477 e. The smallest absolute Gasteiger partial charge is 0.258 e. The first-order chi connectivity index (χ1) is 15.5. The summed E-state index contributed by atoms with van der Waals surface area (Å²) in [5.41, 5.74) is 4.17. The minimum Gasteiger partial charge on any atom is -0.477 e. The van der Waals surface area contributed by atoms with Crippen LogP contribution in [0.5, 0.6) is 5.88 Å². The van der Waals surface area contributed by atoms with Gasteiger partial charge in [-0.25, -0.2) is 14.6 Å². The van der Waals surface area contributed by atoms with E-state index in [1.54, 1.807) is 29.2 Å². The molecule has 164 valence electrons. The molecule has 0 aliphatic carbocycles. The van der Waals surface area contributed by atoms with Crippen molar-refractivity contribution in [1.29, 1.82) is 0 Å².